The molecular formula is C49H67BF2N6O4. The van der Waals surface area contributed by atoms with Crippen LogP contribution in [-0.2, 0) is 16.6 Å². The third kappa shape index (κ3) is 7.28. The summed E-state index contributed by atoms with van der Waals surface area (Å²) in [7, 11) is 0.689. The molecule has 5 fully saturated rings. The summed E-state index contributed by atoms with van der Waals surface area (Å²) in [6.07, 6.45) is 9.30. The monoisotopic (exact) mass is 853 g/mol. The van der Waals surface area contributed by atoms with E-state index in [0.717, 1.165) is 93.2 Å². The average molecular weight is 853 g/mol. The van der Waals surface area contributed by atoms with Crippen molar-refractivity contribution in [1.82, 2.24) is 29.9 Å². The van der Waals surface area contributed by atoms with Crippen molar-refractivity contribution in [2.45, 2.75) is 183 Å². The molecule has 334 valence electrons. The second-order valence-electron chi connectivity index (χ2n) is 21.1. The molecule has 3 N–H and O–H groups in total. The van der Waals surface area contributed by atoms with Gasteiger partial charge in [-0.1, -0.05) is 56.7 Å². The molecule has 2 bridgehead atoms. The van der Waals surface area contributed by atoms with Crippen molar-refractivity contribution in [3.05, 3.63) is 65.0 Å². The minimum absolute atomic E-state index is 0.0480. The maximum atomic E-state index is 14.0. The molecule has 1 amide bonds. The van der Waals surface area contributed by atoms with Crippen molar-refractivity contribution in [3.63, 3.8) is 0 Å². The fraction of sp³-hybridized carbons (Fsp3) is 0.694. The molecular weight excluding hydrogens is 785 g/mol. The highest BCUT2D eigenvalue weighted by molar-refractivity contribution is 6.53. The van der Waals surface area contributed by atoms with Crippen LogP contribution in [0.4, 0.5) is 8.78 Å². The van der Waals surface area contributed by atoms with Gasteiger partial charge >= 0.3 is 0 Å². The van der Waals surface area contributed by atoms with Crippen LogP contribution in [0.2, 0.25) is 5.82 Å². The Kier molecular flexibility index (Phi) is 11.1. The molecule has 7 aliphatic rings. The molecule has 9 atom stereocenters. The smallest absolute Gasteiger partial charge is 0.248 e. The number of ether oxygens (including phenoxy) is 1. The van der Waals surface area contributed by atoms with Gasteiger partial charge in [-0.3, -0.25) is 14.6 Å². The standard InChI is InChI=1S/C49H67BF2N6O4/c1-29(2)44-54-55-46(50-37-18-22-49(61)40-27-35-13-15-39(59)42-41(35)48(49,43(37)62-42)23-25-56(40)28-32-11-12-32)58(44)31(4)26-36-14-10-30(3)57(36)24-19-38(33-8-6-5-7-9-33)53-45(60)34-16-20-47(51,52)21-17-34/h5-9,13,15,29-32,34,36-38,40,43,50,59,61H,10-12,14,16-28H2,1-4H3,(H,53,60)/t30?,31?,36?,37?,38-,40+,43-,48-,49+/m0/s1. The maximum absolute atomic E-state index is 14.0. The topological polar surface area (TPSA) is 116 Å². The summed E-state index contributed by atoms with van der Waals surface area (Å²) in [6.45, 7) is 11.8. The van der Waals surface area contributed by atoms with Gasteiger partial charge in [0.15, 0.2) is 11.5 Å². The summed E-state index contributed by atoms with van der Waals surface area (Å²) >= 11 is 0. The first-order chi connectivity index (χ1) is 29.8. The second kappa shape index (κ2) is 16.2. The Bertz CT molecular complexity index is 2130. The molecule has 4 unspecified atom stereocenters. The number of amides is 1. The van der Waals surface area contributed by atoms with Crippen LogP contribution in [0.5, 0.6) is 11.5 Å². The van der Waals surface area contributed by atoms with E-state index in [0.29, 0.717) is 31.5 Å². The number of aromatic hydroxyl groups is 1. The van der Waals surface area contributed by atoms with Crippen molar-refractivity contribution in [3.8, 4) is 11.5 Å². The molecule has 10 nitrogen and oxygen atoms in total. The molecule has 62 heavy (non-hydrogen) atoms. The van der Waals surface area contributed by atoms with Crippen LogP contribution in [0.3, 0.4) is 0 Å². The van der Waals surface area contributed by atoms with E-state index in [1.54, 1.807) is 6.07 Å². The lowest BCUT2D eigenvalue weighted by molar-refractivity contribution is -0.185. The van der Waals surface area contributed by atoms with Gasteiger partial charge in [-0.25, -0.2) is 8.78 Å². The fourth-order valence-electron chi connectivity index (χ4n) is 13.5. The predicted molar refractivity (Wildman–Crippen MR) is 237 cm³/mol. The van der Waals surface area contributed by atoms with Crippen LogP contribution in [0, 0.1) is 11.8 Å². The zero-order valence-corrected chi connectivity index (χ0v) is 37.2. The minimum atomic E-state index is -2.67. The number of hydrogen-bond acceptors (Lipinski definition) is 8. The number of benzene rings is 2. The van der Waals surface area contributed by atoms with E-state index in [4.69, 9.17) is 14.9 Å². The molecule has 3 aliphatic heterocycles. The van der Waals surface area contributed by atoms with Gasteiger partial charge < -0.3 is 24.8 Å². The number of hydrogen-bond donors (Lipinski definition) is 3. The lowest BCUT2D eigenvalue weighted by Gasteiger charge is -2.64. The third-order valence-corrected chi connectivity index (χ3v) is 16.9. The molecule has 2 aromatic carbocycles. The number of carbonyl (C=O) groups excluding carboxylic acids is 1. The number of likely N-dealkylation sites (tertiary alicyclic amines) is 2. The van der Waals surface area contributed by atoms with Gasteiger partial charge in [-0.2, -0.15) is 0 Å². The molecule has 2 saturated heterocycles. The third-order valence-electron chi connectivity index (χ3n) is 16.9. The molecule has 3 saturated carbocycles. The highest BCUT2D eigenvalue weighted by Gasteiger charge is 2.73. The number of rotatable bonds is 14. The summed E-state index contributed by atoms with van der Waals surface area (Å²) in [5, 5.41) is 37.4. The highest BCUT2D eigenvalue weighted by atomic mass is 19.3. The number of nitrogens with one attached hydrogen (secondary N) is 1. The summed E-state index contributed by atoms with van der Waals surface area (Å²) < 4.78 is 37.3. The summed E-state index contributed by atoms with van der Waals surface area (Å²) in [6, 6.07) is 14.7. The van der Waals surface area contributed by atoms with E-state index in [1.165, 1.54) is 18.4 Å². The lowest BCUT2D eigenvalue weighted by atomic mass is 9.42. The average Bonchev–Trinajstić information content (AvgIpc) is 3.68. The Morgan fingerprint density at radius 2 is 1.76 bits per heavy atom. The van der Waals surface area contributed by atoms with Crippen molar-refractivity contribution in [1.29, 1.82) is 0 Å². The normalized spacial score (nSPS) is 32.6. The number of piperidine rings is 1. The zero-order valence-electron chi connectivity index (χ0n) is 37.2. The maximum Gasteiger partial charge on any atom is 0.248 e. The molecule has 1 aromatic heterocycles. The van der Waals surface area contributed by atoms with Crippen LogP contribution >= 0.6 is 0 Å². The van der Waals surface area contributed by atoms with Crippen LogP contribution in [0.1, 0.15) is 152 Å². The first kappa shape index (κ1) is 42.4. The minimum Gasteiger partial charge on any atom is -0.504 e. The molecule has 4 heterocycles. The SMILES string of the molecule is CC(C)c1nnc(BC2CC[C@@]3(O)[C@H]4Cc5ccc(O)c6c5[C@@]3(CCN4CC3CC3)[C@H]2O6)n1C(C)CC1CCC(C)N1CC[C@H](NC(=O)C1CCC(F)(F)CC1)c1ccccc1. The van der Waals surface area contributed by atoms with Crippen molar-refractivity contribution >= 4 is 18.9 Å². The van der Waals surface area contributed by atoms with E-state index < -0.39 is 16.9 Å². The van der Waals surface area contributed by atoms with Crippen LogP contribution < -0.4 is 15.8 Å². The number of phenolic OH excluding ortho intramolecular Hbond substituents is 1. The van der Waals surface area contributed by atoms with Crippen LogP contribution in [0.25, 0.3) is 0 Å². The van der Waals surface area contributed by atoms with Crippen molar-refractivity contribution < 1.29 is 28.5 Å². The first-order valence-corrected chi connectivity index (χ1v) is 24.2. The number of alkyl halides is 2. The number of carbonyl (C=O) groups is 1. The van der Waals surface area contributed by atoms with Gasteiger partial charge in [0.25, 0.3) is 0 Å². The van der Waals surface area contributed by atoms with Gasteiger partial charge in [-0.05, 0) is 120 Å². The Morgan fingerprint density at radius 3 is 2.50 bits per heavy atom. The number of halogens is 2. The van der Waals surface area contributed by atoms with E-state index in [1.807, 2.05) is 18.2 Å². The quantitative estimate of drug-likeness (QED) is 0.147. The van der Waals surface area contributed by atoms with Gasteiger partial charge in [0.05, 0.1) is 22.8 Å². The molecule has 10 rings (SSSR count). The zero-order chi connectivity index (χ0) is 43.1. The van der Waals surface area contributed by atoms with Gasteiger partial charge in [0.2, 0.25) is 19.1 Å². The second-order valence-corrected chi connectivity index (χ2v) is 21.1. The largest absolute Gasteiger partial charge is 0.504 e. The Balaban J connectivity index is 0.870. The fourth-order valence-corrected chi connectivity index (χ4v) is 13.5. The van der Waals surface area contributed by atoms with E-state index in [2.05, 4.69) is 65.6 Å². The number of nitrogens with zero attached hydrogens (tertiary/aromatic N) is 5. The molecule has 0 radical (unpaired) electrons. The van der Waals surface area contributed by atoms with Crippen molar-refractivity contribution in [2.75, 3.05) is 19.6 Å². The Labute approximate surface area is 366 Å². The van der Waals surface area contributed by atoms with Crippen LogP contribution in [-0.4, -0.2) is 103 Å². The predicted octanol–water partition coefficient (Wildman–Crippen LogP) is 7.10. The summed E-state index contributed by atoms with van der Waals surface area (Å²) in [5.41, 5.74) is 2.82. The Morgan fingerprint density at radius 1 is 0.984 bits per heavy atom. The van der Waals surface area contributed by atoms with Gasteiger partial charge in [0, 0.05) is 67.5 Å². The molecule has 1 spiro atoms. The van der Waals surface area contributed by atoms with E-state index >= 15 is 0 Å². The number of aliphatic hydroxyl groups is 1. The van der Waals surface area contributed by atoms with Crippen LogP contribution in [0.15, 0.2) is 42.5 Å². The molecule has 3 aromatic rings. The first-order valence-electron chi connectivity index (χ1n) is 24.2. The number of phenols is 1. The summed E-state index contributed by atoms with van der Waals surface area (Å²) in [5.74, 6) is -0.379. The Hall–Kier alpha value is -3.55. The molecule has 4 aliphatic carbocycles. The van der Waals surface area contributed by atoms with E-state index in [9.17, 15) is 23.8 Å². The van der Waals surface area contributed by atoms with E-state index in [-0.39, 0.29) is 79.2 Å². The number of aromatic nitrogens is 3. The summed E-state index contributed by atoms with van der Waals surface area (Å²) in [4.78, 5) is 18.7. The lowest BCUT2D eigenvalue weighted by Crippen LogP contribution is -2.76. The molecule has 13 heteroatoms. The van der Waals surface area contributed by atoms with Crippen molar-refractivity contribution in [2.24, 2.45) is 11.8 Å². The highest BCUT2D eigenvalue weighted by Crippen LogP contribution is 2.67. The van der Waals surface area contributed by atoms with Gasteiger partial charge in [0.1, 0.15) is 11.9 Å². The van der Waals surface area contributed by atoms with Gasteiger partial charge in [-0.15, -0.1) is 10.2 Å².